The summed E-state index contributed by atoms with van der Waals surface area (Å²) in [6.45, 7) is 3.97. The monoisotopic (exact) mass is 440 g/mol. The van der Waals surface area contributed by atoms with Crippen LogP contribution in [0, 0.1) is 10.1 Å². The second-order valence-corrected chi connectivity index (χ2v) is 8.53. The average Bonchev–Trinajstić information content (AvgIpc) is 2.64. The van der Waals surface area contributed by atoms with E-state index < -0.39 is 20.9 Å². The van der Waals surface area contributed by atoms with Gasteiger partial charge in [-0.25, -0.2) is 13.1 Å². The molecular formula is C18H21ClN4O5S. The van der Waals surface area contributed by atoms with Gasteiger partial charge < -0.3 is 10.6 Å². The van der Waals surface area contributed by atoms with E-state index in [2.05, 4.69) is 15.4 Å². The van der Waals surface area contributed by atoms with Crippen molar-refractivity contribution in [1.29, 1.82) is 0 Å². The molecule has 3 N–H and O–H groups in total. The number of nitrogens with one attached hydrogen (secondary N) is 3. The Kier molecular flexibility index (Phi) is 7.54. The van der Waals surface area contributed by atoms with E-state index in [0.717, 1.165) is 0 Å². The third-order valence-electron chi connectivity index (χ3n) is 3.70. The van der Waals surface area contributed by atoms with Crippen molar-refractivity contribution in [3.63, 3.8) is 0 Å². The summed E-state index contributed by atoms with van der Waals surface area (Å²) in [5, 5.41) is 16.4. The van der Waals surface area contributed by atoms with Crippen LogP contribution in [0.2, 0.25) is 5.02 Å². The predicted octanol–water partition coefficient (Wildman–Crippen LogP) is 2.78. The Hall–Kier alpha value is -2.69. The number of carbonyl (C=O) groups excluding carboxylic acids is 1. The molecule has 0 saturated carbocycles. The Morgan fingerprint density at radius 3 is 2.38 bits per heavy atom. The first-order valence-corrected chi connectivity index (χ1v) is 10.5. The number of benzene rings is 2. The number of nitro benzene ring substituents is 1. The summed E-state index contributed by atoms with van der Waals surface area (Å²) in [5.41, 5.74) is 0.699. The summed E-state index contributed by atoms with van der Waals surface area (Å²) >= 11 is 6.05. The largest absolute Gasteiger partial charge is 0.383 e. The van der Waals surface area contributed by atoms with E-state index >= 15 is 0 Å². The van der Waals surface area contributed by atoms with Crippen LogP contribution in [0.25, 0.3) is 0 Å². The van der Waals surface area contributed by atoms with Gasteiger partial charge in [0.25, 0.3) is 11.6 Å². The maximum atomic E-state index is 12.4. The van der Waals surface area contributed by atoms with Gasteiger partial charge >= 0.3 is 0 Å². The molecule has 9 nitrogen and oxygen atoms in total. The highest BCUT2D eigenvalue weighted by Crippen LogP contribution is 2.21. The van der Waals surface area contributed by atoms with Gasteiger partial charge in [-0.2, -0.15) is 0 Å². The van der Waals surface area contributed by atoms with E-state index in [1.54, 1.807) is 26.0 Å². The Morgan fingerprint density at radius 1 is 1.14 bits per heavy atom. The van der Waals surface area contributed by atoms with E-state index in [9.17, 15) is 23.3 Å². The highest BCUT2D eigenvalue weighted by atomic mass is 35.5. The molecule has 29 heavy (non-hydrogen) atoms. The van der Waals surface area contributed by atoms with Crippen LogP contribution in [0.15, 0.2) is 47.4 Å². The molecule has 2 aromatic rings. The van der Waals surface area contributed by atoms with E-state index in [-0.39, 0.29) is 33.8 Å². The van der Waals surface area contributed by atoms with Gasteiger partial charge in [0.05, 0.1) is 20.4 Å². The minimum Gasteiger partial charge on any atom is -0.383 e. The minimum absolute atomic E-state index is 0.0136. The van der Waals surface area contributed by atoms with E-state index in [4.69, 9.17) is 11.6 Å². The van der Waals surface area contributed by atoms with Crippen LogP contribution in [0.3, 0.4) is 0 Å². The van der Waals surface area contributed by atoms with Gasteiger partial charge in [0.15, 0.2) is 0 Å². The lowest BCUT2D eigenvalue weighted by molar-refractivity contribution is -0.384. The molecule has 0 aromatic heterocycles. The third kappa shape index (κ3) is 6.41. The Labute approximate surface area is 173 Å². The molecular weight excluding hydrogens is 420 g/mol. The normalized spacial score (nSPS) is 11.3. The molecule has 2 rings (SSSR count). The van der Waals surface area contributed by atoms with Gasteiger partial charge in [0, 0.05) is 37.0 Å². The fraction of sp³-hybridized carbons (Fsp3) is 0.278. The van der Waals surface area contributed by atoms with Crippen molar-refractivity contribution in [2.45, 2.75) is 24.8 Å². The van der Waals surface area contributed by atoms with Crippen LogP contribution in [0.4, 0.5) is 11.4 Å². The quantitative estimate of drug-likeness (QED) is 0.312. The number of non-ortho nitro benzene ring substituents is 1. The first-order valence-electron chi connectivity index (χ1n) is 8.68. The number of nitrogens with zero attached hydrogens (tertiary/aromatic N) is 1. The van der Waals surface area contributed by atoms with E-state index in [1.807, 2.05) is 0 Å². The molecule has 0 radical (unpaired) electrons. The highest BCUT2D eigenvalue weighted by Gasteiger charge is 2.19. The van der Waals surface area contributed by atoms with Crippen molar-refractivity contribution in [2.75, 3.05) is 18.4 Å². The number of halogens is 1. The van der Waals surface area contributed by atoms with Gasteiger partial charge in [-0.3, -0.25) is 14.9 Å². The molecule has 0 saturated heterocycles. The maximum absolute atomic E-state index is 12.4. The van der Waals surface area contributed by atoms with Gasteiger partial charge in [0.2, 0.25) is 10.0 Å². The second kappa shape index (κ2) is 9.68. The SMILES string of the molecule is CC(C)NS(=O)(=O)c1ccc(Cl)c(C(=O)NCCNc2ccc([N+](=O)[O-])cc2)c1. The van der Waals surface area contributed by atoms with Crippen LogP contribution < -0.4 is 15.4 Å². The zero-order chi connectivity index (χ0) is 21.6. The van der Waals surface area contributed by atoms with Crippen molar-refractivity contribution in [1.82, 2.24) is 10.0 Å². The molecule has 0 unspecified atom stereocenters. The smallest absolute Gasteiger partial charge is 0.269 e. The summed E-state index contributed by atoms with van der Waals surface area (Å²) in [5.74, 6) is -0.512. The summed E-state index contributed by atoms with van der Waals surface area (Å²) < 4.78 is 27.0. The van der Waals surface area contributed by atoms with Crippen LogP contribution in [0.1, 0.15) is 24.2 Å². The molecule has 156 valence electrons. The van der Waals surface area contributed by atoms with Gasteiger partial charge in [-0.15, -0.1) is 0 Å². The molecule has 0 fully saturated rings. The van der Waals surface area contributed by atoms with Crippen molar-refractivity contribution in [2.24, 2.45) is 0 Å². The molecule has 0 atom stereocenters. The fourth-order valence-corrected chi connectivity index (χ4v) is 3.88. The molecule has 2 aromatic carbocycles. The zero-order valence-electron chi connectivity index (χ0n) is 15.8. The Morgan fingerprint density at radius 2 is 1.79 bits per heavy atom. The molecule has 0 spiro atoms. The van der Waals surface area contributed by atoms with Crippen LogP contribution >= 0.6 is 11.6 Å². The standard InChI is InChI=1S/C18H21ClN4O5S/c1-12(2)22-29(27,28)15-7-8-17(19)16(11-15)18(24)21-10-9-20-13-3-5-14(6-4-13)23(25)26/h3-8,11-12,20,22H,9-10H2,1-2H3,(H,21,24). The lowest BCUT2D eigenvalue weighted by atomic mass is 10.2. The maximum Gasteiger partial charge on any atom is 0.269 e. The second-order valence-electron chi connectivity index (χ2n) is 6.40. The van der Waals surface area contributed by atoms with E-state index in [1.165, 1.54) is 30.3 Å². The van der Waals surface area contributed by atoms with Gasteiger partial charge in [-0.1, -0.05) is 11.6 Å². The molecule has 0 bridgehead atoms. The molecule has 11 heteroatoms. The van der Waals surface area contributed by atoms with Crippen molar-refractivity contribution in [3.8, 4) is 0 Å². The number of hydrogen-bond acceptors (Lipinski definition) is 6. The Bertz CT molecular complexity index is 994. The number of anilines is 1. The average molecular weight is 441 g/mol. The first kappa shape index (κ1) is 22.6. The molecule has 0 aliphatic heterocycles. The lowest BCUT2D eigenvalue weighted by Gasteiger charge is -2.12. The molecule has 0 heterocycles. The highest BCUT2D eigenvalue weighted by molar-refractivity contribution is 7.89. The Balaban J connectivity index is 1.96. The summed E-state index contributed by atoms with van der Waals surface area (Å²) in [6, 6.07) is 9.50. The number of amides is 1. The lowest BCUT2D eigenvalue weighted by Crippen LogP contribution is -2.31. The predicted molar refractivity (Wildman–Crippen MR) is 111 cm³/mol. The minimum atomic E-state index is -3.75. The summed E-state index contributed by atoms with van der Waals surface area (Å²) in [4.78, 5) is 22.5. The van der Waals surface area contributed by atoms with Gasteiger partial charge in [0.1, 0.15) is 0 Å². The number of carbonyl (C=O) groups is 1. The number of nitro groups is 1. The van der Waals surface area contributed by atoms with Crippen molar-refractivity contribution in [3.05, 3.63) is 63.2 Å². The summed E-state index contributed by atoms with van der Waals surface area (Å²) in [7, 11) is -3.75. The third-order valence-corrected chi connectivity index (χ3v) is 5.69. The van der Waals surface area contributed by atoms with Crippen molar-refractivity contribution < 1.29 is 18.1 Å². The zero-order valence-corrected chi connectivity index (χ0v) is 17.4. The van der Waals surface area contributed by atoms with Crippen molar-refractivity contribution >= 4 is 38.9 Å². The topological polar surface area (TPSA) is 130 Å². The van der Waals surface area contributed by atoms with Crippen LogP contribution in [0.5, 0.6) is 0 Å². The molecule has 0 aliphatic rings. The summed E-state index contributed by atoms with van der Waals surface area (Å²) in [6.07, 6.45) is 0. The molecule has 0 aliphatic carbocycles. The van der Waals surface area contributed by atoms with Crippen LogP contribution in [-0.4, -0.2) is 38.4 Å². The number of hydrogen-bond donors (Lipinski definition) is 3. The first-order chi connectivity index (χ1) is 13.6. The number of rotatable bonds is 9. The van der Waals surface area contributed by atoms with Crippen LogP contribution in [-0.2, 0) is 10.0 Å². The van der Waals surface area contributed by atoms with E-state index in [0.29, 0.717) is 12.2 Å². The van der Waals surface area contributed by atoms with Gasteiger partial charge in [-0.05, 0) is 44.2 Å². The fourth-order valence-electron chi connectivity index (χ4n) is 2.40. The number of sulfonamides is 1. The molecule has 1 amide bonds.